The van der Waals surface area contributed by atoms with Crippen molar-refractivity contribution in [1.82, 2.24) is 5.43 Å². The third-order valence-corrected chi connectivity index (χ3v) is 4.53. The van der Waals surface area contributed by atoms with Crippen molar-refractivity contribution in [2.45, 2.75) is 19.4 Å². The Morgan fingerprint density at radius 3 is 3.00 bits per heavy atom. The highest BCUT2D eigenvalue weighted by Crippen LogP contribution is 2.30. The maximum Gasteiger partial charge on any atom is 0.0658 e. The summed E-state index contributed by atoms with van der Waals surface area (Å²) in [5, 5.41) is 2.81. The number of hydrogen-bond acceptors (Lipinski definition) is 4. The highest BCUT2D eigenvalue weighted by Gasteiger charge is 2.14. The minimum atomic E-state index is 0.180. The lowest BCUT2D eigenvalue weighted by Crippen LogP contribution is -2.29. The molecule has 0 aliphatic heterocycles. The number of hydrogen-bond donors (Lipinski definition) is 2. The second kappa shape index (κ2) is 6.69. The zero-order valence-corrected chi connectivity index (χ0v) is 10.5. The molecule has 2 nitrogen and oxygen atoms in total. The Kier molecular flexibility index (Phi) is 5.89. The summed E-state index contributed by atoms with van der Waals surface area (Å²) < 4.78 is 0. The quantitative estimate of drug-likeness (QED) is 0.463. The van der Waals surface area contributed by atoms with E-state index in [-0.39, 0.29) is 6.04 Å². The van der Waals surface area contributed by atoms with Crippen LogP contribution in [-0.4, -0.2) is 11.5 Å². The molecule has 0 spiro atoms. The number of rotatable bonds is 6. The van der Waals surface area contributed by atoms with Gasteiger partial charge in [0.2, 0.25) is 0 Å². The van der Waals surface area contributed by atoms with Gasteiger partial charge < -0.3 is 0 Å². The van der Waals surface area contributed by atoms with E-state index in [2.05, 4.69) is 12.3 Å². The Morgan fingerprint density at radius 2 is 2.50 bits per heavy atom. The van der Waals surface area contributed by atoms with E-state index < -0.39 is 0 Å². The lowest BCUT2D eigenvalue weighted by molar-refractivity contribution is 0.620. The highest BCUT2D eigenvalue weighted by atomic mass is 35.5. The average molecular weight is 251 g/mol. The summed E-state index contributed by atoms with van der Waals surface area (Å²) in [7, 11) is 0. The molecule has 0 radical (unpaired) electrons. The van der Waals surface area contributed by atoms with Gasteiger partial charge in [0.25, 0.3) is 0 Å². The van der Waals surface area contributed by atoms with Gasteiger partial charge in [-0.25, -0.2) is 0 Å². The summed E-state index contributed by atoms with van der Waals surface area (Å²) in [5.41, 5.74) is 2.81. The maximum absolute atomic E-state index is 6.03. The fraction of sp³-hybridized carbons (Fsp3) is 0.556. The molecule has 1 rings (SSSR count). The van der Waals surface area contributed by atoms with Crippen LogP contribution in [0.2, 0.25) is 5.02 Å². The van der Waals surface area contributed by atoms with Crippen molar-refractivity contribution >= 4 is 34.7 Å². The first kappa shape index (κ1) is 12.3. The van der Waals surface area contributed by atoms with Gasteiger partial charge in [-0.15, -0.1) is 11.3 Å². The van der Waals surface area contributed by atoms with Gasteiger partial charge in [-0.3, -0.25) is 11.3 Å². The first-order valence-corrected chi connectivity index (χ1v) is 6.97. The fourth-order valence-corrected chi connectivity index (χ4v) is 3.41. The third kappa shape index (κ3) is 3.44. The van der Waals surface area contributed by atoms with Crippen LogP contribution in [0.4, 0.5) is 0 Å². The van der Waals surface area contributed by atoms with Gasteiger partial charge in [-0.2, -0.15) is 11.8 Å². The first-order valence-electron chi connectivity index (χ1n) is 4.56. The molecule has 3 N–H and O–H groups in total. The molecule has 14 heavy (non-hydrogen) atoms. The number of nitrogens with one attached hydrogen (secondary N) is 1. The van der Waals surface area contributed by atoms with Crippen molar-refractivity contribution in [3.8, 4) is 0 Å². The number of thioether (sulfide) groups is 1. The van der Waals surface area contributed by atoms with Crippen LogP contribution in [0.5, 0.6) is 0 Å². The first-order chi connectivity index (χ1) is 6.79. The summed E-state index contributed by atoms with van der Waals surface area (Å²) >= 11 is 9.58. The predicted molar refractivity (Wildman–Crippen MR) is 67.0 cm³/mol. The molecule has 0 fully saturated rings. The molecule has 1 heterocycles. The second-order valence-corrected chi connectivity index (χ2v) is 5.43. The van der Waals surface area contributed by atoms with E-state index in [1.54, 1.807) is 11.3 Å². The van der Waals surface area contributed by atoms with Gasteiger partial charge in [0.1, 0.15) is 0 Å². The van der Waals surface area contributed by atoms with Crippen LogP contribution in [0.1, 0.15) is 24.3 Å². The number of nitrogens with two attached hydrogens (primary N) is 1. The Balaban J connectivity index is 2.50. The van der Waals surface area contributed by atoms with E-state index in [1.807, 2.05) is 23.2 Å². The highest BCUT2D eigenvalue weighted by molar-refractivity contribution is 7.99. The van der Waals surface area contributed by atoms with Gasteiger partial charge in [0.15, 0.2) is 0 Å². The molecule has 0 amide bonds. The minimum absolute atomic E-state index is 0.180. The molecule has 0 aromatic carbocycles. The molecule has 80 valence electrons. The van der Waals surface area contributed by atoms with E-state index in [0.717, 1.165) is 15.7 Å². The minimum Gasteiger partial charge on any atom is -0.271 e. The molecule has 1 atom stereocenters. The summed E-state index contributed by atoms with van der Waals surface area (Å²) in [6.07, 6.45) is 1.19. The van der Waals surface area contributed by atoms with Crippen LogP contribution < -0.4 is 11.3 Å². The molecule has 0 saturated carbocycles. The molecule has 1 aromatic rings. The van der Waals surface area contributed by atoms with Gasteiger partial charge in [0.05, 0.1) is 11.1 Å². The van der Waals surface area contributed by atoms with Crippen LogP contribution >= 0.6 is 34.7 Å². The normalized spacial score (nSPS) is 13.1. The number of thiophene rings is 1. The summed E-state index contributed by atoms with van der Waals surface area (Å²) in [6.45, 7) is 2.18. The molecule has 0 saturated heterocycles. The Hall–Kier alpha value is 0.260. The molecule has 5 heteroatoms. The number of hydrazine groups is 1. The SMILES string of the molecule is CCCSCC(NN)c1sccc1Cl. The van der Waals surface area contributed by atoms with Crippen molar-refractivity contribution in [2.24, 2.45) is 5.84 Å². The monoisotopic (exact) mass is 250 g/mol. The van der Waals surface area contributed by atoms with Crippen LogP contribution in [-0.2, 0) is 0 Å². The average Bonchev–Trinajstić information content (AvgIpc) is 2.60. The van der Waals surface area contributed by atoms with E-state index in [9.17, 15) is 0 Å². The smallest absolute Gasteiger partial charge is 0.0658 e. The molecule has 0 aliphatic carbocycles. The molecule has 0 aliphatic rings. The van der Waals surface area contributed by atoms with Gasteiger partial charge in [-0.05, 0) is 23.6 Å². The second-order valence-electron chi connectivity index (χ2n) is 2.93. The van der Waals surface area contributed by atoms with Gasteiger partial charge in [0, 0.05) is 10.6 Å². The molecular weight excluding hydrogens is 236 g/mol. The van der Waals surface area contributed by atoms with Crippen molar-refractivity contribution in [1.29, 1.82) is 0 Å². The van der Waals surface area contributed by atoms with Crippen molar-refractivity contribution in [2.75, 3.05) is 11.5 Å². The van der Waals surface area contributed by atoms with Crippen molar-refractivity contribution in [3.05, 3.63) is 21.3 Å². The Labute approximate surface area is 98.2 Å². The van der Waals surface area contributed by atoms with Crippen molar-refractivity contribution < 1.29 is 0 Å². The van der Waals surface area contributed by atoms with Crippen LogP contribution in [0.15, 0.2) is 11.4 Å². The number of halogens is 1. The summed E-state index contributed by atoms with van der Waals surface area (Å²) in [5.74, 6) is 7.64. The standard InChI is InChI=1S/C9H15ClN2S2/c1-2-4-13-6-8(12-11)9-7(10)3-5-14-9/h3,5,8,12H,2,4,6,11H2,1H3. The topological polar surface area (TPSA) is 38.0 Å². The van der Waals surface area contributed by atoms with E-state index in [0.29, 0.717) is 0 Å². The molecule has 1 aromatic heterocycles. The van der Waals surface area contributed by atoms with Crippen LogP contribution in [0.25, 0.3) is 0 Å². The van der Waals surface area contributed by atoms with Gasteiger partial charge in [-0.1, -0.05) is 18.5 Å². The van der Waals surface area contributed by atoms with E-state index in [1.165, 1.54) is 12.2 Å². The molecule has 1 unspecified atom stereocenters. The molecular formula is C9H15ClN2S2. The Morgan fingerprint density at radius 1 is 1.71 bits per heavy atom. The van der Waals surface area contributed by atoms with Crippen LogP contribution in [0, 0.1) is 0 Å². The third-order valence-electron chi connectivity index (χ3n) is 1.80. The zero-order valence-electron chi connectivity index (χ0n) is 8.13. The predicted octanol–water partition coefficient (Wildman–Crippen LogP) is 3.05. The zero-order chi connectivity index (χ0) is 10.4. The van der Waals surface area contributed by atoms with Crippen molar-refractivity contribution in [3.63, 3.8) is 0 Å². The van der Waals surface area contributed by atoms with Crippen LogP contribution in [0.3, 0.4) is 0 Å². The molecule has 0 bridgehead atoms. The summed E-state index contributed by atoms with van der Waals surface area (Å²) in [4.78, 5) is 1.14. The van der Waals surface area contributed by atoms with E-state index >= 15 is 0 Å². The lowest BCUT2D eigenvalue weighted by Gasteiger charge is -2.14. The largest absolute Gasteiger partial charge is 0.271 e. The Bertz CT molecular complexity index is 265. The van der Waals surface area contributed by atoms with E-state index in [4.69, 9.17) is 17.4 Å². The fourth-order valence-electron chi connectivity index (χ4n) is 1.10. The maximum atomic E-state index is 6.03. The lowest BCUT2D eigenvalue weighted by atomic mass is 10.3. The summed E-state index contributed by atoms with van der Waals surface area (Å²) in [6, 6.07) is 2.09. The van der Waals surface area contributed by atoms with Gasteiger partial charge >= 0.3 is 0 Å².